The summed E-state index contributed by atoms with van der Waals surface area (Å²) in [5.41, 5.74) is 24.2. The number of nitrogens with two attached hydrogens (primary N) is 4. The molecule has 1 atom stereocenters. The Kier molecular flexibility index (Phi) is 78.2. The zero-order chi connectivity index (χ0) is 93.3. The normalized spacial score (nSPS) is 12.4. The second-order valence-electron chi connectivity index (χ2n) is 34.5. The number of hydrogen-bond donors (Lipinski definition) is 12. The minimum Gasteiger partial charge on any atom is -0.512 e. The smallest absolute Gasteiger partial charge is 0.222 e. The molecular weight excluding hydrogens is 1480 g/mol. The van der Waals surface area contributed by atoms with E-state index in [0.29, 0.717) is 102 Å². The number of nitrogens with zero attached hydrogens (tertiary/aromatic N) is 16. The summed E-state index contributed by atoms with van der Waals surface area (Å²) in [7, 11) is 0. The van der Waals surface area contributed by atoms with Gasteiger partial charge < -0.3 is 53.7 Å². The molecule has 1 unspecified atom stereocenters. The Hall–Kier alpha value is -8.58. The third kappa shape index (κ3) is 83.7. The second kappa shape index (κ2) is 73.8. The number of aromatic nitrogens is 12. The van der Waals surface area contributed by atoms with Crippen LogP contribution in [0, 0.1) is 71.0 Å². The summed E-state index contributed by atoms with van der Waals surface area (Å²) in [6, 6.07) is 1.18. The fourth-order valence-corrected chi connectivity index (χ4v) is 6.50. The van der Waals surface area contributed by atoms with Gasteiger partial charge in [-0.05, 0) is 109 Å². The SMILES string of the molecule is CC(C)/C=C(\O)C(C)C.CC(C)C(N)=O.CC(C)C(N)=O.CC(C)C1=NCN=N1.CC(C)C1=NN=NC1.CC(C)CC(O)C(C)C.CC(C)N=C(N)C(C)C.CC(C)N=C(N)C(C)C.CC(C)NC(=O)C(C)C.CC(C)NC(=O)C(C)C.CC(C)c1cnc(C(C)C)[nH]1.CC(C)c1cnc[nH]1.CC(C)c1nn[nH]n1.CC(C)c1nn[nH]n1. The number of aliphatic hydroxyl groups is 2. The number of aliphatic hydroxyl groups excluding tert-OH is 2. The van der Waals surface area contributed by atoms with Crippen molar-refractivity contribution in [1.82, 2.24) is 71.8 Å². The van der Waals surface area contributed by atoms with Crippen molar-refractivity contribution in [2.75, 3.05) is 13.2 Å². The molecule has 32 heteroatoms. The summed E-state index contributed by atoms with van der Waals surface area (Å²) < 4.78 is 0. The number of aromatic amines is 4. The first-order valence-electron chi connectivity index (χ1n) is 41.9. The molecule has 32 nitrogen and oxygen atoms in total. The highest BCUT2D eigenvalue weighted by molar-refractivity contribution is 5.88. The van der Waals surface area contributed by atoms with Crippen LogP contribution >= 0.6 is 0 Å². The molecule has 0 fully saturated rings. The highest BCUT2D eigenvalue weighted by Gasteiger charge is 2.13. The lowest BCUT2D eigenvalue weighted by molar-refractivity contribution is -0.125. The fourth-order valence-electron chi connectivity index (χ4n) is 6.50. The Labute approximate surface area is 709 Å². The average molecular weight is 1660 g/mol. The number of nitrogens with one attached hydrogen (secondary N) is 6. The molecule has 0 radical (unpaired) electrons. The number of carbonyl (C=O) groups excluding carboxylic acids is 4. The molecule has 2 aliphatic heterocycles. The maximum absolute atomic E-state index is 10.8. The molecule has 6 rings (SSSR count). The number of primary amides is 2. The summed E-state index contributed by atoms with van der Waals surface area (Å²) in [5, 5.41) is 69.2. The molecule has 4 aromatic rings. The molecule has 0 spiro atoms. The number of imidazole rings is 2. The zero-order valence-electron chi connectivity index (χ0n) is 81.1. The number of azo groups is 1. The molecule has 680 valence electrons. The van der Waals surface area contributed by atoms with E-state index in [1.54, 1.807) is 34.0 Å². The first-order valence-corrected chi connectivity index (χ1v) is 41.9. The first-order chi connectivity index (χ1) is 53.6. The molecule has 117 heavy (non-hydrogen) atoms. The molecule has 0 saturated heterocycles. The van der Waals surface area contributed by atoms with Gasteiger partial charge >= 0.3 is 0 Å². The number of amides is 4. The molecule has 0 saturated carbocycles. The quantitative estimate of drug-likeness (QED) is 0.0198. The van der Waals surface area contributed by atoms with Gasteiger partial charge in [-0.15, -0.1) is 30.6 Å². The van der Waals surface area contributed by atoms with Crippen LogP contribution in [0.3, 0.4) is 0 Å². The molecule has 4 aromatic heterocycles. The Balaban J connectivity index is -0.000000183. The van der Waals surface area contributed by atoms with Crippen molar-refractivity contribution >= 4 is 46.8 Å². The van der Waals surface area contributed by atoms with Gasteiger partial charge in [-0.25, -0.2) is 15.0 Å². The zero-order valence-corrected chi connectivity index (χ0v) is 81.1. The highest BCUT2D eigenvalue weighted by Crippen LogP contribution is 2.16. The van der Waals surface area contributed by atoms with Crippen LogP contribution in [0.4, 0.5) is 0 Å². The van der Waals surface area contributed by atoms with E-state index in [-0.39, 0.29) is 71.4 Å². The largest absolute Gasteiger partial charge is 0.512 e. The van der Waals surface area contributed by atoms with Crippen LogP contribution in [0.25, 0.3) is 0 Å². The van der Waals surface area contributed by atoms with Crippen LogP contribution in [0.5, 0.6) is 0 Å². The van der Waals surface area contributed by atoms with E-state index in [4.69, 9.17) is 28.0 Å². The molecule has 16 N–H and O–H groups in total. The highest BCUT2D eigenvalue weighted by atomic mass is 16.3. The third-order valence-electron chi connectivity index (χ3n) is 14.4. The molecule has 2 aliphatic rings. The van der Waals surface area contributed by atoms with Crippen molar-refractivity contribution < 1.29 is 29.4 Å². The first kappa shape index (κ1) is 124. The number of carbonyl (C=O) groups is 4. The molecule has 6 heterocycles. The predicted molar refractivity (Wildman–Crippen MR) is 488 cm³/mol. The van der Waals surface area contributed by atoms with E-state index < -0.39 is 0 Å². The van der Waals surface area contributed by atoms with Crippen molar-refractivity contribution in [1.29, 1.82) is 0 Å². The van der Waals surface area contributed by atoms with Crippen LogP contribution in [0.1, 0.15) is 356 Å². The van der Waals surface area contributed by atoms with Crippen LogP contribution in [0.15, 0.2) is 71.2 Å². The van der Waals surface area contributed by atoms with Gasteiger partial charge in [0.2, 0.25) is 23.6 Å². The van der Waals surface area contributed by atoms with Gasteiger partial charge in [-0.1, -0.05) is 246 Å². The van der Waals surface area contributed by atoms with Gasteiger partial charge in [0.15, 0.2) is 18.3 Å². The summed E-state index contributed by atoms with van der Waals surface area (Å²) in [6.07, 6.45) is 8.19. The lowest BCUT2D eigenvalue weighted by Gasteiger charge is -2.15. The average Bonchev–Trinajstić information content (AvgIpc) is 1.75. The fraction of sp³-hybridized carbons (Fsp3) is 0.788. The van der Waals surface area contributed by atoms with Crippen LogP contribution in [-0.2, 0) is 19.2 Å². The van der Waals surface area contributed by atoms with E-state index in [1.807, 2.05) is 185 Å². The minimum atomic E-state index is -0.241. The van der Waals surface area contributed by atoms with Gasteiger partial charge in [0.25, 0.3) is 0 Å². The second-order valence-corrected chi connectivity index (χ2v) is 34.5. The number of hydrogen-bond acceptors (Lipinski definition) is 22. The maximum Gasteiger partial charge on any atom is 0.222 e. The number of tetrazole rings is 2. The van der Waals surface area contributed by atoms with Gasteiger partial charge in [-0.3, -0.25) is 29.2 Å². The summed E-state index contributed by atoms with van der Waals surface area (Å²) in [4.78, 5) is 68.4. The summed E-state index contributed by atoms with van der Waals surface area (Å²) in [6.45, 7) is 85.6. The number of allylic oxidation sites excluding steroid dienone is 2. The Morgan fingerprint density at radius 2 is 0.897 bits per heavy atom. The van der Waals surface area contributed by atoms with Crippen molar-refractivity contribution in [3.8, 4) is 0 Å². The number of H-pyrrole nitrogens is 4. The molecule has 0 aromatic carbocycles. The molecule has 0 bridgehead atoms. The van der Waals surface area contributed by atoms with Crippen molar-refractivity contribution in [2.24, 2.45) is 135 Å². The van der Waals surface area contributed by atoms with Crippen LogP contribution in [-0.4, -0.2) is 162 Å². The Morgan fingerprint density at radius 3 is 1.03 bits per heavy atom. The topological polar surface area (TPSA) is 502 Å². The molecule has 0 aliphatic carbocycles. The van der Waals surface area contributed by atoms with E-state index in [9.17, 15) is 24.3 Å². The monoisotopic (exact) mass is 1660 g/mol. The van der Waals surface area contributed by atoms with Crippen LogP contribution < -0.4 is 33.6 Å². The summed E-state index contributed by atoms with van der Waals surface area (Å²) in [5.74, 6) is 11.3. The molecule has 4 amide bonds. The predicted octanol–water partition coefficient (Wildman–Crippen LogP) is 18.0. The maximum atomic E-state index is 10.8. The van der Waals surface area contributed by atoms with Gasteiger partial charge in [0, 0.05) is 113 Å². The van der Waals surface area contributed by atoms with Gasteiger partial charge in [-0.2, -0.15) is 20.7 Å². The summed E-state index contributed by atoms with van der Waals surface area (Å²) >= 11 is 0. The lowest BCUT2D eigenvalue weighted by atomic mass is 9.98. The van der Waals surface area contributed by atoms with Crippen molar-refractivity contribution in [3.63, 3.8) is 0 Å². The Bertz CT molecular complexity index is 3000. The molecular formula is C85H174N26O6. The third-order valence-corrected chi connectivity index (χ3v) is 14.4. The van der Waals surface area contributed by atoms with E-state index in [2.05, 4.69) is 209 Å². The van der Waals surface area contributed by atoms with E-state index in [1.165, 1.54) is 11.4 Å². The van der Waals surface area contributed by atoms with Crippen molar-refractivity contribution in [3.05, 3.63) is 59.4 Å². The van der Waals surface area contributed by atoms with E-state index >= 15 is 0 Å². The van der Waals surface area contributed by atoms with E-state index in [0.717, 1.165) is 47.1 Å². The van der Waals surface area contributed by atoms with Gasteiger partial charge in [0.1, 0.15) is 18.2 Å². The minimum absolute atomic E-state index is 0.00926. The standard InChI is InChI=1S/C9H16N2.C8H18O.C8H16O.2C7H16N2.2C7H15NO.C6H10N2.2C5H9N3.2C4H8N4.2C4H9NO/c1-6(2)8-5-10-9(11-8)7(3)4;2*1-6(2)5-8(9)7(3)4;2*1-5(2)7(8)9-6(3)4;2*1-5(2)7(9)8-6(3)4;1-5(2)6-3-7-4-8-6;1-4(2)5-6-3-7-8-5;1-4(2)5-3-6-8-7-5;2*1-3(2)4-5-7-8-6-4;2*1-3(2)4(5)6/h5-7H,1-4H3,(H,10,11);6-9H,5H2,1-4H3;5-7,9H,1-4H3;2*5-6H,1-4H3,(H2,8,9);2*5-6H,1-4H3,(H,8,9);3-5H,1-2H3,(H,7,8);2*4H,3H2,1-2H3;2*3H,1-2H3,(H,5,6,7,8);2*3H,1-2H3,(H2,5,6)/b;;8-5-;;;;;;;;;;;. The van der Waals surface area contributed by atoms with Gasteiger partial charge in [0.05, 0.1) is 35.6 Å². The number of aliphatic imine (C=N–C) groups is 3. The number of amidine groups is 3. The lowest BCUT2D eigenvalue weighted by Crippen LogP contribution is -2.33. The van der Waals surface area contributed by atoms with Crippen molar-refractivity contribution in [2.45, 2.75) is 357 Å². The number of rotatable bonds is 22. The Morgan fingerprint density at radius 1 is 0.496 bits per heavy atom. The van der Waals surface area contributed by atoms with Crippen LogP contribution in [0.2, 0.25) is 0 Å².